The molecular formula is C16H11BrN2O. The van der Waals surface area contributed by atoms with E-state index in [2.05, 4.69) is 21.0 Å². The van der Waals surface area contributed by atoms with Gasteiger partial charge in [-0.3, -0.25) is 4.79 Å². The highest BCUT2D eigenvalue weighted by atomic mass is 79.9. The lowest BCUT2D eigenvalue weighted by Gasteiger charge is -2.02. The van der Waals surface area contributed by atoms with Crippen LogP contribution < -0.4 is 0 Å². The highest BCUT2D eigenvalue weighted by Gasteiger charge is 2.10. The molecule has 0 aliphatic rings. The first kappa shape index (κ1) is 12.8. The van der Waals surface area contributed by atoms with Gasteiger partial charge in [0.05, 0.1) is 11.4 Å². The van der Waals surface area contributed by atoms with Crippen LogP contribution in [0.15, 0.2) is 65.1 Å². The van der Waals surface area contributed by atoms with Gasteiger partial charge in [0.15, 0.2) is 6.29 Å². The number of para-hydroxylation sites is 1. The van der Waals surface area contributed by atoms with Crippen LogP contribution in [-0.4, -0.2) is 16.1 Å². The number of carbonyl (C=O) groups is 1. The van der Waals surface area contributed by atoms with Crippen LogP contribution in [0.2, 0.25) is 0 Å². The zero-order valence-electron chi connectivity index (χ0n) is 10.5. The Bertz CT molecular complexity index is 733. The van der Waals surface area contributed by atoms with Crippen LogP contribution in [0.4, 0.5) is 0 Å². The van der Waals surface area contributed by atoms with E-state index in [0.29, 0.717) is 5.69 Å². The van der Waals surface area contributed by atoms with Crippen molar-refractivity contribution in [3.8, 4) is 16.9 Å². The van der Waals surface area contributed by atoms with E-state index in [-0.39, 0.29) is 0 Å². The maximum absolute atomic E-state index is 11.2. The number of aldehydes is 1. The molecule has 0 radical (unpaired) electrons. The van der Waals surface area contributed by atoms with Crippen molar-refractivity contribution in [3.05, 3.63) is 70.8 Å². The fourth-order valence-electron chi connectivity index (χ4n) is 2.02. The number of nitrogens with zero attached hydrogens (tertiary/aromatic N) is 2. The number of halogens is 1. The van der Waals surface area contributed by atoms with Crippen LogP contribution >= 0.6 is 15.9 Å². The lowest BCUT2D eigenvalue weighted by atomic mass is 10.1. The van der Waals surface area contributed by atoms with Gasteiger partial charge in [0.2, 0.25) is 0 Å². The third kappa shape index (κ3) is 2.42. The zero-order chi connectivity index (χ0) is 13.9. The molecule has 0 saturated carbocycles. The van der Waals surface area contributed by atoms with Gasteiger partial charge in [-0.15, -0.1) is 0 Å². The molecule has 0 N–H and O–H groups in total. The maximum atomic E-state index is 11.2. The molecule has 3 aromatic rings. The molecule has 0 spiro atoms. The van der Waals surface area contributed by atoms with Gasteiger partial charge in [0, 0.05) is 10.0 Å². The molecule has 0 unspecified atom stereocenters. The Labute approximate surface area is 125 Å². The van der Waals surface area contributed by atoms with E-state index in [0.717, 1.165) is 27.7 Å². The number of hydrogen-bond donors (Lipinski definition) is 0. The Morgan fingerprint density at radius 3 is 2.35 bits per heavy atom. The normalized spacial score (nSPS) is 10.4. The fourth-order valence-corrected chi connectivity index (χ4v) is 2.28. The number of hydrogen-bond acceptors (Lipinski definition) is 2. The molecule has 0 saturated heterocycles. The Kier molecular flexibility index (Phi) is 3.48. The summed E-state index contributed by atoms with van der Waals surface area (Å²) in [6, 6.07) is 19.3. The van der Waals surface area contributed by atoms with Crippen LogP contribution in [0.25, 0.3) is 16.9 Å². The molecule has 3 rings (SSSR count). The average molecular weight is 327 g/mol. The maximum Gasteiger partial charge on any atom is 0.168 e. The molecule has 0 atom stereocenters. The average Bonchev–Trinajstić information content (AvgIpc) is 2.93. The minimum absolute atomic E-state index is 0.536. The van der Waals surface area contributed by atoms with Gasteiger partial charge >= 0.3 is 0 Å². The molecule has 0 aliphatic heterocycles. The summed E-state index contributed by atoms with van der Waals surface area (Å²) in [6.07, 6.45) is 0.822. The lowest BCUT2D eigenvalue weighted by molar-refractivity contribution is 0.111. The van der Waals surface area contributed by atoms with Crippen LogP contribution in [0, 0.1) is 0 Å². The van der Waals surface area contributed by atoms with E-state index in [4.69, 9.17) is 0 Å². The number of benzene rings is 2. The summed E-state index contributed by atoms with van der Waals surface area (Å²) in [5.41, 5.74) is 3.17. The molecule has 2 aromatic carbocycles. The SMILES string of the molecule is O=Cc1cc(-c2ccc(Br)cc2)nn1-c1ccccc1. The van der Waals surface area contributed by atoms with E-state index in [1.54, 1.807) is 10.7 Å². The Balaban J connectivity index is 2.09. The van der Waals surface area contributed by atoms with Gasteiger partial charge < -0.3 is 0 Å². The second kappa shape index (κ2) is 5.43. The van der Waals surface area contributed by atoms with E-state index in [1.165, 1.54) is 0 Å². The summed E-state index contributed by atoms with van der Waals surface area (Å²) in [5, 5.41) is 4.52. The Morgan fingerprint density at radius 2 is 1.70 bits per heavy atom. The summed E-state index contributed by atoms with van der Waals surface area (Å²) in [6.45, 7) is 0. The van der Waals surface area contributed by atoms with Crippen LogP contribution in [0.3, 0.4) is 0 Å². The molecule has 0 fully saturated rings. The van der Waals surface area contributed by atoms with Gasteiger partial charge in [0.1, 0.15) is 5.69 Å². The summed E-state index contributed by atoms with van der Waals surface area (Å²) in [7, 11) is 0. The summed E-state index contributed by atoms with van der Waals surface area (Å²) >= 11 is 3.41. The predicted octanol–water partition coefficient (Wildman–Crippen LogP) is 4.11. The molecule has 1 heterocycles. The monoisotopic (exact) mass is 326 g/mol. The Morgan fingerprint density at radius 1 is 1.00 bits per heavy atom. The third-order valence-electron chi connectivity index (χ3n) is 3.00. The molecule has 98 valence electrons. The van der Waals surface area contributed by atoms with Gasteiger partial charge in [-0.1, -0.05) is 46.3 Å². The number of aromatic nitrogens is 2. The Hall–Kier alpha value is -2.20. The van der Waals surface area contributed by atoms with E-state index in [1.807, 2.05) is 54.6 Å². The first-order valence-corrected chi connectivity index (χ1v) is 6.94. The van der Waals surface area contributed by atoms with Crippen molar-refractivity contribution in [1.29, 1.82) is 0 Å². The van der Waals surface area contributed by atoms with Gasteiger partial charge in [-0.2, -0.15) is 5.10 Å². The lowest BCUT2D eigenvalue weighted by Crippen LogP contribution is -2.00. The smallest absolute Gasteiger partial charge is 0.168 e. The van der Waals surface area contributed by atoms with E-state index < -0.39 is 0 Å². The van der Waals surface area contributed by atoms with Gasteiger partial charge in [-0.25, -0.2) is 4.68 Å². The summed E-state index contributed by atoms with van der Waals surface area (Å²) in [4.78, 5) is 11.2. The van der Waals surface area contributed by atoms with Crippen molar-refractivity contribution in [1.82, 2.24) is 9.78 Å². The minimum Gasteiger partial charge on any atom is -0.296 e. The van der Waals surface area contributed by atoms with Gasteiger partial charge in [0.25, 0.3) is 0 Å². The molecule has 0 bridgehead atoms. The highest BCUT2D eigenvalue weighted by molar-refractivity contribution is 9.10. The number of rotatable bonds is 3. The third-order valence-corrected chi connectivity index (χ3v) is 3.53. The second-order valence-electron chi connectivity index (χ2n) is 4.33. The molecule has 1 aromatic heterocycles. The van der Waals surface area contributed by atoms with Crippen LogP contribution in [0.1, 0.15) is 10.5 Å². The molecule has 3 nitrogen and oxygen atoms in total. The van der Waals surface area contributed by atoms with Crippen molar-refractivity contribution in [3.63, 3.8) is 0 Å². The largest absolute Gasteiger partial charge is 0.296 e. The second-order valence-corrected chi connectivity index (χ2v) is 5.24. The van der Waals surface area contributed by atoms with Crippen LogP contribution in [-0.2, 0) is 0 Å². The van der Waals surface area contributed by atoms with Crippen molar-refractivity contribution in [2.45, 2.75) is 0 Å². The summed E-state index contributed by atoms with van der Waals surface area (Å²) in [5.74, 6) is 0. The zero-order valence-corrected chi connectivity index (χ0v) is 12.1. The minimum atomic E-state index is 0.536. The van der Waals surface area contributed by atoms with E-state index >= 15 is 0 Å². The molecule has 4 heteroatoms. The van der Waals surface area contributed by atoms with Crippen LogP contribution in [0.5, 0.6) is 0 Å². The first-order valence-electron chi connectivity index (χ1n) is 6.14. The molecule has 0 aliphatic carbocycles. The van der Waals surface area contributed by atoms with Gasteiger partial charge in [-0.05, 0) is 30.3 Å². The first-order chi connectivity index (χ1) is 9.78. The fraction of sp³-hybridized carbons (Fsp3) is 0. The highest BCUT2D eigenvalue weighted by Crippen LogP contribution is 2.22. The van der Waals surface area contributed by atoms with Crippen molar-refractivity contribution >= 4 is 22.2 Å². The van der Waals surface area contributed by atoms with Crippen molar-refractivity contribution in [2.24, 2.45) is 0 Å². The predicted molar refractivity (Wildman–Crippen MR) is 82.1 cm³/mol. The standard InChI is InChI=1S/C16H11BrN2O/c17-13-8-6-12(7-9-13)16-10-15(11-20)19(18-16)14-4-2-1-3-5-14/h1-11H. The quantitative estimate of drug-likeness (QED) is 0.679. The molecular weight excluding hydrogens is 316 g/mol. The molecule has 0 amide bonds. The topological polar surface area (TPSA) is 34.9 Å². The van der Waals surface area contributed by atoms with E-state index in [9.17, 15) is 4.79 Å². The van der Waals surface area contributed by atoms with Crippen molar-refractivity contribution < 1.29 is 4.79 Å². The van der Waals surface area contributed by atoms with Crippen molar-refractivity contribution in [2.75, 3.05) is 0 Å². The number of carbonyl (C=O) groups excluding carboxylic acids is 1. The molecule has 20 heavy (non-hydrogen) atoms. The summed E-state index contributed by atoms with van der Waals surface area (Å²) < 4.78 is 2.67.